The topological polar surface area (TPSA) is 338 Å². The van der Waals surface area contributed by atoms with E-state index in [9.17, 15) is 53.1 Å². The fourth-order valence-electron chi connectivity index (χ4n) is 9.06. The van der Waals surface area contributed by atoms with Gasteiger partial charge in [0.1, 0.15) is 12.1 Å². The maximum Gasteiger partial charge on any atom is 0.410 e. The summed E-state index contributed by atoms with van der Waals surface area (Å²) < 4.78 is 12.9. The van der Waals surface area contributed by atoms with E-state index in [4.69, 9.17) is 20.9 Å². The first kappa shape index (κ1) is 63.6. The molecule has 5 rings (SSSR count). The summed E-state index contributed by atoms with van der Waals surface area (Å²) >= 11 is 0. The van der Waals surface area contributed by atoms with Crippen molar-refractivity contribution < 1.29 is 57.7 Å². The lowest BCUT2D eigenvalue weighted by atomic mass is 9.86. The summed E-state index contributed by atoms with van der Waals surface area (Å²) in [5.74, 6) is -5.68. The number of anilines is 1. The molecule has 0 fully saturated rings. The van der Waals surface area contributed by atoms with Gasteiger partial charge in [0, 0.05) is 69.8 Å². The maximum atomic E-state index is 14.0. The zero-order valence-corrected chi connectivity index (χ0v) is 46.9. The highest BCUT2D eigenvalue weighted by molar-refractivity contribution is 6.12. The zero-order chi connectivity index (χ0) is 59.0. The number of ketones is 2. The van der Waals surface area contributed by atoms with Gasteiger partial charge in [0.15, 0.2) is 23.0 Å². The lowest BCUT2D eigenvalue weighted by Gasteiger charge is -2.26. The van der Waals surface area contributed by atoms with E-state index in [0.717, 1.165) is 41.7 Å². The van der Waals surface area contributed by atoms with Crippen LogP contribution in [0.5, 0.6) is 6.01 Å². The highest BCUT2D eigenvalue weighted by Crippen LogP contribution is 2.22. The van der Waals surface area contributed by atoms with Crippen molar-refractivity contribution in [3.05, 3.63) is 93.4 Å². The van der Waals surface area contributed by atoms with Crippen molar-refractivity contribution >= 4 is 70.1 Å². The molecular weight excluding hydrogens is 1040 g/mol. The highest BCUT2D eigenvalue weighted by atomic mass is 16.6. The number of aliphatic carboxylic acids is 1. The van der Waals surface area contributed by atoms with Gasteiger partial charge in [-0.15, -0.1) is 0 Å². The van der Waals surface area contributed by atoms with Crippen molar-refractivity contribution in [1.29, 1.82) is 0 Å². The molecule has 3 atom stereocenters. The molecular formula is C58H78N10O13. The third-order valence-corrected chi connectivity index (χ3v) is 13.9. The van der Waals surface area contributed by atoms with Gasteiger partial charge in [0.25, 0.3) is 11.8 Å². The number of carbonyl (C=O) groups excluding carboxylic acids is 8. The molecule has 23 nitrogen and oxygen atoms in total. The minimum atomic E-state index is -1.20. The second-order valence-electron chi connectivity index (χ2n) is 20.7. The van der Waals surface area contributed by atoms with Gasteiger partial charge in [0.05, 0.1) is 25.2 Å². The standard InChI is InChI=1S/C58H78N10O13/c1-5-7-29-66(34-39-19-21-40(22-20-39)35-68-54-52(63-57(68)78)53(60)64-56(65-54)80-31-8-6-2)58(79)81-36-41-23-17-38(18-24-41)32-45(69)43(14-11-12-15-47(59)71)62-55(77)42(37(3)4)33-46(70)44(25-28-51(75)76)61-48(72)16-10-9-13-30-67-49(73)26-27-50(67)74/h17-24,26-27,37,42-44H,5-16,25,28-36H2,1-4H3,(H2,59,71)(H,61,72)(H,62,77)(H,63,78)(H,75,76)(H2,60,64,65)/t42-,43-,44-/m0/s1. The Hall–Kier alpha value is -8.24. The van der Waals surface area contributed by atoms with Crippen molar-refractivity contribution in [2.24, 2.45) is 17.6 Å². The van der Waals surface area contributed by atoms with E-state index in [0.29, 0.717) is 67.5 Å². The minimum absolute atomic E-state index is 0.00439. The molecule has 0 radical (unpaired) electrons. The number of benzene rings is 2. The first-order valence-corrected chi connectivity index (χ1v) is 27.9. The third-order valence-electron chi connectivity index (χ3n) is 13.9. The first-order valence-electron chi connectivity index (χ1n) is 27.9. The molecule has 23 heteroatoms. The number of nitrogen functional groups attached to an aromatic ring is 1. The molecule has 0 aliphatic carbocycles. The van der Waals surface area contributed by atoms with Gasteiger partial charge in [-0.2, -0.15) is 9.97 Å². The number of rotatable bonds is 37. The van der Waals surface area contributed by atoms with E-state index in [-0.39, 0.29) is 82.4 Å². The van der Waals surface area contributed by atoms with Crippen LogP contribution in [0.1, 0.15) is 146 Å². The van der Waals surface area contributed by atoms with Crippen molar-refractivity contribution in [3.8, 4) is 6.01 Å². The number of imide groups is 1. The molecule has 0 unspecified atom stereocenters. The number of carbonyl (C=O) groups is 9. The summed E-state index contributed by atoms with van der Waals surface area (Å²) in [6.07, 6.45) is 6.50. The summed E-state index contributed by atoms with van der Waals surface area (Å²) in [5, 5.41) is 14.9. The second kappa shape index (κ2) is 32.1. The predicted octanol–water partition coefficient (Wildman–Crippen LogP) is 5.58. The molecule has 2 aromatic heterocycles. The largest absolute Gasteiger partial charge is 0.481 e. The van der Waals surface area contributed by atoms with Gasteiger partial charge in [-0.25, -0.2) is 9.59 Å². The molecule has 6 amide bonds. The van der Waals surface area contributed by atoms with E-state index in [1.165, 1.54) is 16.7 Å². The molecule has 3 heterocycles. The van der Waals surface area contributed by atoms with Crippen LogP contribution in [0.3, 0.4) is 0 Å². The summed E-state index contributed by atoms with van der Waals surface area (Å²) in [6.45, 7) is 9.02. The second-order valence-corrected chi connectivity index (χ2v) is 20.7. The number of nitrogens with zero attached hydrogens (tertiary/aromatic N) is 5. The number of Topliss-reactive ketones (excluding diaryl/α,β-unsaturated/α-hetero) is 2. The van der Waals surface area contributed by atoms with Crippen LogP contribution in [0.2, 0.25) is 0 Å². The Labute approximate surface area is 471 Å². The Bertz CT molecular complexity index is 2900. The monoisotopic (exact) mass is 1120 g/mol. The molecule has 0 saturated carbocycles. The van der Waals surface area contributed by atoms with Gasteiger partial charge in [0.2, 0.25) is 17.7 Å². The number of hydrogen-bond donors (Lipinski definition) is 6. The van der Waals surface area contributed by atoms with Crippen LogP contribution in [-0.2, 0) is 69.2 Å². The number of nitrogens with one attached hydrogen (secondary N) is 3. The Morgan fingerprint density at radius 3 is 2.04 bits per heavy atom. The maximum absolute atomic E-state index is 14.0. The number of carboxylic acids is 1. The van der Waals surface area contributed by atoms with E-state index >= 15 is 0 Å². The predicted molar refractivity (Wildman–Crippen MR) is 300 cm³/mol. The summed E-state index contributed by atoms with van der Waals surface area (Å²) in [5.41, 5.74) is 14.7. The number of hydrogen-bond acceptors (Lipinski definition) is 15. The highest BCUT2D eigenvalue weighted by Gasteiger charge is 2.33. The van der Waals surface area contributed by atoms with Crippen LogP contribution in [0, 0.1) is 11.8 Å². The lowest BCUT2D eigenvalue weighted by molar-refractivity contribution is -0.139. The number of unbranched alkanes of at least 4 members (excludes halogenated alkanes) is 5. The average molecular weight is 1120 g/mol. The smallest absolute Gasteiger partial charge is 0.410 e. The number of carboxylic acid groups (broad SMARTS) is 1. The van der Waals surface area contributed by atoms with E-state index in [1.807, 2.05) is 38.1 Å². The van der Waals surface area contributed by atoms with E-state index < -0.39 is 83.4 Å². The SMILES string of the molecule is CCCCOc1nc(N)c2[nH]c(=O)n(Cc3ccc(CN(CCCC)C(=O)OCc4ccc(CC(=O)[C@H](CCCCC(N)=O)NC(=O)[C@@H](CC(=O)[C@H](CCC(=O)O)NC(=O)CCCCCN5C(=O)C=CC5=O)C(C)C)cc4)cc3)c2n1. The molecule has 0 saturated heterocycles. The molecule has 8 N–H and O–H groups in total. The summed E-state index contributed by atoms with van der Waals surface area (Å²) in [4.78, 5) is 142. The molecule has 0 bridgehead atoms. The molecule has 4 aromatic rings. The first-order chi connectivity index (χ1) is 38.8. The Morgan fingerprint density at radius 2 is 1.38 bits per heavy atom. The van der Waals surface area contributed by atoms with Crippen LogP contribution < -0.4 is 32.5 Å². The van der Waals surface area contributed by atoms with Crippen LogP contribution in [-0.4, -0.2) is 119 Å². The minimum Gasteiger partial charge on any atom is -0.481 e. The molecule has 1 aliphatic rings. The summed E-state index contributed by atoms with van der Waals surface area (Å²) in [6, 6.07) is 12.4. The van der Waals surface area contributed by atoms with Crippen molar-refractivity contribution in [2.45, 2.75) is 162 Å². The number of ether oxygens (including phenoxy) is 2. The number of primary amides is 1. The number of aromatic amines is 1. The van der Waals surface area contributed by atoms with E-state index in [1.54, 1.807) is 43.0 Å². The van der Waals surface area contributed by atoms with Crippen molar-refractivity contribution in [2.75, 3.05) is 25.4 Å². The normalized spacial score (nSPS) is 13.3. The number of imidazole rings is 1. The van der Waals surface area contributed by atoms with Gasteiger partial charge >= 0.3 is 23.8 Å². The molecule has 1 aliphatic heterocycles. The van der Waals surface area contributed by atoms with Crippen LogP contribution >= 0.6 is 0 Å². The Morgan fingerprint density at radius 1 is 0.741 bits per heavy atom. The fraction of sp³-hybridized carbons (Fsp3) is 0.517. The quantitative estimate of drug-likeness (QED) is 0.0237. The van der Waals surface area contributed by atoms with Gasteiger partial charge in [-0.05, 0) is 73.1 Å². The zero-order valence-electron chi connectivity index (χ0n) is 46.9. The molecule has 81 heavy (non-hydrogen) atoms. The van der Waals surface area contributed by atoms with Gasteiger partial charge in [-0.3, -0.25) is 47.8 Å². The van der Waals surface area contributed by atoms with Crippen LogP contribution in [0.4, 0.5) is 10.6 Å². The fourth-order valence-corrected chi connectivity index (χ4v) is 9.06. The Kier molecular flexibility index (Phi) is 25.2. The Balaban J connectivity index is 1.16. The van der Waals surface area contributed by atoms with Crippen molar-refractivity contribution in [1.82, 2.24) is 40.0 Å². The molecule has 438 valence electrons. The number of amides is 6. The van der Waals surface area contributed by atoms with Crippen LogP contribution in [0.15, 0.2) is 65.5 Å². The van der Waals surface area contributed by atoms with E-state index in [2.05, 4.69) is 25.6 Å². The number of fused-ring (bicyclic) bond motifs is 1. The van der Waals surface area contributed by atoms with Crippen LogP contribution in [0.25, 0.3) is 11.2 Å². The molecule has 0 spiro atoms. The van der Waals surface area contributed by atoms with Crippen molar-refractivity contribution in [3.63, 3.8) is 0 Å². The average Bonchev–Trinajstić information content (AvgIpc) is 4.20. The summed E-state index contributed by atoms with van der Waals surface area (Å²) in [7, 11) is 0. The number of H-pyrrole nitrogens is 1. The molecule has 2 aromatic carbocycles. The number of aromatic nitrogens is 4. The number of nitrogens with two attached hydrogens (primary N) is 2. The van der Waals surface area contributed by atoms with Gasteiger partial charge < -0.3 is 46.6 Å². The lowest BCUT2D eigenvalue weighted by Crippen LogP contribution is -2.47. The van der Waals surface area contributed by atoms with Gasteiger partial charge in [-0.1, -0.05) is 102 Å². The third kappa shape index (κ3) is 20.4.